The molecule has 0 aromatic carbocycles. The summed E-state index contributed by atoms with van der Waals surface area (Å²) in [6.45, 7) is 4.66. The van der Waals surface area contributed by atoms with E-state index in [1.807, 2.05) is 0 Å². The third-order valence-electron chi connectivity index (χ3n) is 2.26. The number of halogens is 1. The van der Waals surface area contributed by atoms with E-state index in [2.05, 4.69) is 17.1 Å². The third-order valence-corrected chi connectivity index (χ3v) is 2.26. The predicted octanol–water partition coefficient (Wildman–Crippen LogP) is -0.389. The topological polar surface area (TPSA) is 35.5 Å². The lowest BCUT2D eigenvalue weighted by Gasteiger charge is -2.34. The van der Waals surface area contributed by atoms with Gasteiger partial charge in [0.15, 0.2) is 0 Å². The number of rotatable bonds is 3. The van der Waals surface area contributed by atoms with Crippen LogP contribution in [0.1, 0.15) is 6.92 Å². The molecule has 1 rings (SSSR count). The zero-order valence-electron chi connectivity index (χ0n) is 7.46. The number of hydrogen-bond acceptors (Lipinski definition) is 3. The second-order valence-corrected chi connectivity index (χ2v) is 3.36. The van der Waals surface area contributed by atoms with Gasteiger partial charge in [-0.2, -0.15) is 0 Å². The quantitative estimate of drug-likeness (QED) is 0.615. The van der Waals surface area contributed by atoms with Crippen LogP contribution in [-0.2, 0) is 0 Å². The van der Waals surface area contributed by atoms with Crippen molar-refractivity contribution in [2.75, 3.05) is 32.9 Å². The Hall–Kier alpha value is -0.190. The average molecular weight is 176 g/mol. The largest absolute Gasteiger partial charge is 0.389 e. The maximum atomic E-state index is 12.0. The number of aliphatic hydroxyl groups is 1. The number of alkyl halides is 1. The minimum absolute atomic E-state index is 0.403. The van der Waals surface area contributed by atoms with Gasteiger partial charge < -0.3 is 10.4 Å². The van der Waals surface area contributed by atoms with E-state index in [-0.39, 0.29) is 0 Å². The smallest absolute Gasteiger partial charge is 0.117 e. The molecule has 0 amide bonds. The van der Waals surface area contributed by atoms with Crippen molar-refractivity contribution in [3.63, 3.8) is 0 Å². The first-order chi connectivity index (χ1) is 5.74. The number of aliphatic hydroxyl groups excluding tert-OH is 1. The van der Waals surface area contributed by atoms with Crippen LogP contribution in [0.25, 0.3) is 0 Å². The molecule has 0 saturated carbocycles. The Morgan fingerprint density at radius 2 is 2.50 bits per heavy atom. The van der Waals surface area contributed by atoms with Crippen LogP contribution in [0.4, 0.5) is 4.39 Å². The van der Waals surface area contributed by atoms with Gasteiger partial charge in [-0.15, -0.1) is 0 Å². The number of hydrogen-bond donors (Lipinski definition) is 2. The van der Waals surface area contributed by atoms with E-state index >= 15 is 0 Å². The van der Waals surface area contributed by atoms with Gasteiger partial charge in [-0.05, 0) is 6.92 Å². The summed E-state index contributed by atoms with van der Waals surface area (Å²) in [6, 6.07) is 0.403. The standard InChI is InChI=1S/C8H17FN2O/c1-7-5-10-2-3-11(7)6-8(12)4-9/h7-8,10,12H,2-6H2,1H3/t7-,8?/m0/s1. The molecule has 0 aromatic heterocycles. The Bertz CT molecular complexity index is 134. The molecular weight excluding hydrogens is 159 g/mol. The normalized spacial score (nSPS) is 28.8. The van der Waals surface area contributed by atoms with E-state index in [4.69, 9.17) is 5.11 Å². The molecule has 1 fully saturated rings. The summed E-state index contributed by atoms with van der Waals surface area (Å²) in [5.41, 5.74) is 0. The molecule has 72 valence electrons. The maximum Gasteiger partial charge on any atom is 0.117 e. The first kappa shape index (κ1) is 9.89. The summed E-state index contributed by atoms with van der Waals surface area (Å²) in [5, 5.41) is 12.3. The van der Waals surface area contributed by atoms with Gasteiger partial charge in [-0.25, -0.2) is 4.39 Å². The highest BCUT2D eigenvalue weighted by Crippen LogP contribution is 2.03. The van der Waals surface area contributed by atoms with Gasteiger partial charge in [0, 0.05) is 32.2 Å². The Labute approximate surface area is 72.6 Å². The Balaban J connectivity index is 2.28. The Kier molecular flexibility index (Phi) is 3.91. The summed E-state index contributed by atoms with van der Waals surface area (Å²) >= 11 is 0. The van der Waals surface area contributed by atoms with Gasteiger partial charge in [0.2, 0.25) is 0 Å². The highest BCUT2D eigenvalue weighted by Gasteiger charge is 2.19. The van der Waals surface area contributed by atoms with Crippen molar-refractivity contribution in [2.45, 2.75) is 19.1 Å². The van der Waals surface area contributed by atoms with Gasteiger partial charge >= 0.3 is 0 Å². The molecule has 0 aromatic rings. The minimum Gasteiger partial charge on any atom is -0.389 e. The number of nitrogens with one attached hydrogen (secondary N) is 1. The molecule has 1 unspecified atom stereocenters. The van der Waals surface area contributed by atoms with E-state index in [9.17, 15) is 4.39 Å². The molecule has 0 bridgehead atoms. The lowest BCUT2D eigenvalue weighted by Crippen LogP contribution is -2.52. The molecule has 2 atom stereocenters. The monoisotopic (exact) mass is 176 g/mol. The molecule has 0 spiro atoms. The molecule has 0 radical (unpaired) electrons. The van der Waals surface area contributed by atoms with E-state index in [1.165, 1.54) is 0 Å². The fraction of sp³-hybridized carbons (Fsp3) is 1.00. The van der Waals surface area contributed by atoms with Gasteiger partial charge in [-0.3, -0.25) is 4.90 Å². The molecule has 1 aliphatic rings. The highest BCUT2D eigenvalue weighted by molar-refractivity contribution is 4.77. The minimum atomic E-state index is -0.814. The van der Waals surface area contributed by atoms with Crippen LogP contribution < -0.4 is 5.32 Å². The van der Waals surface area contributed by atoms with E-state index in [0.717, 1.165) is 19.6 Å². The maximum absolute atomic E-state index is 12.0. The Morgan fingerprint density at radius 1 is 1.75 bits per heavy atom. The van der Waals surface area contributed by atoms with Crippen LogP contribution in [0.2, 0.25) is 0 Å². The lowest BCUT2D eigenvalue weighted by atomic mass is 10.2. The molecule has 3 nitrogen and oxygen atoms in total. The van der Waals surface area contributed by atoms with Crippen molar-refractivity contribution in [2.24, 2.45) is 0 Å². The van der Waals surface area contributed by atoms with Crippen molar-refractivity contribution >= 4 is 0 Å². The highest BCUT2D eigenvalue weighted by atomic mass is 19.1. The number of piperazine rings is 1. The first-order valence-electron chi connectivity index (χ1n) is 4.43. The van der Waals surface area contributed by atoms with Crippen molar-refractivity contribution in [1.29, 1.82) is 0 Å². The summed E-state index contributed by atoms with van der Waals surface area (Å²) < 4.78 is 12.0. The molecule has 12 heavy (non-hydrogen) atoms. The summed E-state index contributed by atoms with van der Waals surface area (Å²) in [7, 11) is 0. The second kappa shape index (κ2) is 4.74. The molecular formula is C8H17FN2O. The van der Waals surface area contributed by atoms with Crippen LogP contribution in [0, 0.1) is 0 Å². The van der Waals surface area contributed by atoms with E-state index < -0.39 is 12.8 Å². The summed E-state index contributed by atoms with van der Waals surface area (Å²) in [6.07, 6.45) is -0.814. The lowest BCUT2D eigenvalue weighted by molar-refractivity contribution is 0.0635. The van der Waals surface area contributed by atoms with Gasteiger partial charge in [-0.1, -0.05) is 0 Å². The second-order valence-electron chi connectivity index (χ2n) is 3.36. The summed E-state index contributed by atoms with van der Waals surface area (Å²) in [4.78, 5) is 2.11. The average Bonchev–Trinajstić information content (AvgIpc) is 2.09. The Morgan fingerprint density at radius 3 is 3.08 bits per heavy atom. The van der Waals surface area contributed by atoms with Gasteiger partial charge in [0.1, 0.15) is 6.67 Å². The van der Waals surface area contributed by atoms with Crippen molar-refractivity contribution in [3.8, 4) is 0 Å². The van der Waals surface area contributed by atoms with Gasteiger partial charge in [0.25, 0.3) is 0 Å². The molecule has 0 aliphatic carbocycles. The first-order valence-corrected chi connectivity index (χ1v) is 4.43. The third kappa shape index (κ3) is 2.69. The number of nitrogens with zero attached hydrogens (tertiary/aromatic N) is 1. The van der Waals surface area contributed by atoms with Crippen LogP contribution >= 0.6 is 0 Å². The predicted molar refractivity (Wildman–Crippen MR) is 45.9 cm³/mol. The van der Waals surface area contributed by atoms with Crippen LogP contribution in [0.15, 0.2) is 0 Å². The fourth-order valence-corrected chi connectivity index (χ4v) is 1.47. The molecule has 4 heteroatoms. The zero-order valence-corrected chi connectivity index (χ0v) is 7.46. The molecule has 1 saturated heterocycles. The molecule has 2 N–H and O–H groups in total. The van der Waals surface area contributed by atoms with E-state index in [1.54, 1.807) is 0 Å². The fourth-order valence-electron chi connectivity index (χ4n) is 1.47. The van der Waals surface area contributed by atoms with Crippen molar-refractivity contribution < 1.29 is 9.50 Å². The number of β-amino-alcohol motifs (C(OH)–C–C–N with tert-alkyl or cyclic N) is 1. The van der Waals surface area contributed by atoms with Gasteiger partial charge in [0.05, 0.1) is 6.10 Å². The van der Waals surface area contributed by atoms with Crippen LogP contribution in [0.3, 0.4) is 0 Å². The zero-order chi connectivity index (χ0) is 8.97. The summed E-state index contributed by atoms with van der Waals surface area (Å²) in [5.74, 6) is 0. The molecule has 1 aliphatic heterocycles. The van der Waals surface area contributed by atoms with E-state index in [0.29, 0.717) is 12.6 Å². The van der Waals surface area contributed by atoms with Crippen LogP contribution in [0.5, 0.6) is 0 Å². The van der Waals surface area contributed by atoms with Crippen molar-refractivity contribution in [1.82, 2.24) is 10.2 Å². The van der Waals surface area contributed by atoms with Crippen molar-refractivity contribution in [3.05, 3.63) is 0 Å². The SMILES string of the molecule is C[C@H]1CNCCN1CC(O)CF. The molecule has 1 heterocycles. The van der Waals surface area contributed by atoms with Crippen LogP contribution in [-0.4, -0.2) is 55.0 Å².